The minimum absolute atomic E-state index is 0. The molecule has 3 heterocycles. The number of rotatable bonds is 1. The minimum Gasteiger partial charge on any atom is -0.303 e. The predicted molar refractivity (Wildman–Crippen MR) is 50.7 cm³/mol. The Hall–Kier alpha value is -0.0800. The molecule has 2 nitrogen and oxygen atoms in total. The molecule has 0 spiro atoms. The van der Waals surface area contributed by atoms with Gasteiger partial charge in [-0.25, -0.2) is 0 Å². The van der Waals surface area contributed by atoms with E-state index in [2.05, 4.69) is 4.90 Å². The zero-order valence-electron chi connectivity index (χ0n) is 7.51. The summed E-state index contributed by atoms with van der Waals surface area (Å²) in [6.07, 6.45) is 3.34. The molecule has 0 aromatic carbocycles. The van der Waals surface area contributed by atoms with Gasteiger partial charge in [-0.05, 0) is 45.8 Å². The summed E-state index contributed by atoms with van der Waals surface area (Å²) in [6.45, 7) is 5.22. The smallest absolute Gasteiger partial charge is 0.136 e. The second-order valence-corrected chi connectivity index (χ2v) is 3.93. The fourth-order valence-electron chi connectivity index (χ4n) is 2.35. The number of halogens is 1. The zero-order valence-corrected chi connectivity index (χ0v) is 8.32. The van der Waals surface area contributed by atoms with Crippen molar-refractivity contribution in [2.75, 3.05) is 19.6 Å². The maximum atomic E-state index is 11.4. The lowest BCUT2D eigenvalue weighted by atomic mass is 9.69. The summed E-state index contributed by atoms with van der Waals surface area (Å²) in [5.41, 5.74) is 0.106. The number of carbonyl (C=O) groups is 1. The normalized spacial score (nSPS) is 38.9. The van der Waals surface area contributed by atoms with Crippen LogP contribution in [-0.2, 0) is 4.79 Å². The fourth-order valence-corrected chi connectivity index (χ4v) is 2.35. The van der Waals surface area contributed by atoms with Crippen LogP contribution in [0, 0.1) is 5.41 Å². The summed E-state index contributed by atoms with van der Waals surface area (Å²) in [5.74, 6) is 0.428. The summed E-state index contributed by atoms with van der Waals surface area (Å²) in [7, 11) is 0. The van der Waals surface area contributed by atoms with Crippen molar-refractivity contribution in [3.05, 3.63) is 0 Å². The van der Waals surface area contributed by atoms with Gasteiger partial charge in [0.05, 0.1) is 0 Å². The molecule has 0 amide bonds. The topological polar surface area (TPSA) is 20.3 Å². The van der Waals surface area contributed by atoms with Gasteiger partial charge in [0.25, 0.3) is 0 Å². The van der Waals surface area contributed by atoms with Gasteiger partial charge in [0.15, 0.2) is 0 Å². The fraction of sp³-hybridized carbons (Fsp3) is 0.889. The van der Waals surface area contributed by atoms with Crippen LogP contribution in [0.15, 0.2) is 0 Å². The summed E-state index contributed by atoms with van der Waals surface area (Å²) in [6, 6.07) is 0. The van der Waals surface area contributed by atoms with Crippen LogP contribution >= 0.6 is 12.4 Å². The number of fused-ring (bicyclic) bond motifs is 3. The largest absolute Gasteiger partial charge is 0.303 e. The van der Waals surface area contributed by atoms with E-state index in [1.165, 1.54) is 0 Å². The number of piperidine rings is 3. The SMILES string of the molecule is CC(=O)C12CCN(CC1)CC2.Cl. The third kappa shape index (κ3) is 1.38. The third-order valence-electron chi connectivity index (χ3n) is 3.47. The first kappa shape index (κ1) is 10.0. The van der Waals surface area contributed by atoms with E-state index in [0.717, 1.165) is 38.9 Å². The number of nitrogens with zero attached hydrogens (tertiary/aromatic N) is 1. The van der Waals surface area contributed by atoms with Crippen LogP contribution < -0.4 is 0 Å². The molecule has 3 aliphatic rings. The van der Waals surface area contributed by atoms with Crippen LogP contribution in [0.3, 0.4) is 0 Å². The molecule has 3 aliphatic heterocycles. The molecule has 3 fully saturated rings. The summed E-state index contributed by atoms with van der Waals surface area (Å²) in [4.78, 5) is 13.8. The molecule has 0 atom stereocenters. The van der Waals surface area contributed by atoms with Gasteiger partial charge in [-0.1, -0.05) is 0 Å². The van der Waals surface area contributed by atoms with Crippen molar-refractivity contribution >= 4 is 18.2 Å². The average molecular weight is 190 g/mol. The van der Waals surface area contributed by atoms with Crippen molar-refractivity contribution < 1.29 is 4.79 Å². The van der Waals surface area contributed by atoms with E-state index in [1.54, 1.807) is 6.92 Å². The average Bonchev–Trinajstić information content (AvgIpc) is 2.08. The van der Waals surface area contributed by atoms with Gasteiger partial charge in [0, 0.05) is 5.41 Å². The van der Waals surface area contributed by atoms with Gasteiger partial charge in [-0.15, -0.1) is 12.4 Å². The van der Waals surface area contributed by atoms with Crippen molar-refractivity contribution in [1.82, 2.24) is 4.90 Å². The Bertz CT molecular complexity index is 171. The monoisotopic (exact) mass is 189 g/mol. The van der Waals surface area contributed by atoms with Gasteiger partial charge >= 0.3 is 0 Å². The molecule has 3 rings (SSSR count). The predicted octanol–water partition coefficient (Wildman–Crippen LogP) is 1.48. The number of hydrogen-bond donors (Lipinski definition) is 0. The molecule has 0 N–H and O–H groups in total. The van der Waals surface area contributed by atoms with E-state index < -0.39 is 0 Å². The zero-order chi connectivity index (χ0) is 7.90. The second-order valence-electron chi connectivity index (χ2n) is 3.93. The lowest BCUT2D eigenvalue weighted by Gasteiger charge is -2.46. The van der Waals surface area contributed by atoms with E-state index >= 15 is 0 Å². The Kier molecular flexibility index (Phi) is 2.79. The van der Waals surface area contributed by atoms with E-state index in [-0.39, 0.29) is 17.8 Å². The maximum Gasteiger partial charge on any atom is 0.136 e. The van der Waals surface area contributed by atoms with Gasteiger partial charge in [-0.2, -0.15) is 0 Å². The lowest BCUT2D eigenvalue weighted by molar-refractivity contribution is -0.133. The first-order chi connectivity index (χ1) is 5.23. The molecule has 3 heteroatoms. The van der Waals surface area contributed by atoms with Crippen molar-refractivity contribution in [1.29, 1.82) is 0 Å². The molecule has 3 saturated heterocycles. The van der Waals surface area contributed by atoms with Crippen molar-refractivity contribution in [3.63, 3.8) is 0 Å². The Labute approximate surface area is 79.7 Å². The summed E-state index contributed by atoms with van der Waals surface area (Å²) >= 11 is 0. The van der Waals surface area contributed by atoms with Crippen molar-refractivity contribution in [2.45, 2.75) is 26.2 Å². The molecule has 0 aromatic heterocycles. The molecule has 70 valence electrons. The molecule has 0 aromatic rings. The van der Waals surface area contributed by atoms with Crippen LogP contribution in [-0.4, -0.2) is 30.3 Å². The van der Waals surface area contributed by atoms with E-state index in [0.29, 0.717) is 5.78 Å². The number of carbonyl (C=O) groups excluding carboxylic acids is 1. The number of ketones is 1. The van der Waals surface area contributed by atoms with Crippen LogP contribution in [0.1, 0.15) is 26.2 Å². The lowest BCUT2D eigenvalue weighted by Crippen LogP contribution is -2.51. The first-order valence-corrected chi connectivity index (χ1v) is 4.46. The van der Waals surface area contributed by atoms with Crippen LogP contribution in [0.4, 0.5) is 0 Å². The van der Waals surface area contributed by atoms with E-state index in [9.17, 15) is 4.79 Å². The molecule has 0 saturated carbocycles. The minimum atomic E-state index is 0. The Morgan fingerprint density at radius 1 is 1.17 bits per heavy atom. The highest BCUT2D eigenvalue weighted by molar-refractivity contribution is 5.85. The molecule has 0 radical (unpaired) electrons. The second kappa shape index (κ2) is 3.35. The summed E-state index contributed by atoms with van der Waals surface area (Å²) in [5, 5.41) is 0. The molecule has 12 heavy (non-hydrogen) atoms. The van der Waals surface area contributed by atoms with Gasteiger partial charge < -0.3 is 4.90 Å². The van der Waals surface area contributed by atoms with Crippen molar-refractivity contribution in [2.24, 2.45) is 5.41 Å². The van der Waals surface area contributed by atoms with Crippen LogP contribution in [0.5, 0.6) is 0 Å². The highest BCUT2D eigenvalue weighted by atomic mass is 35.5. The van der Waals surface area contributed by atoms with Gasteiger partial charge in [-0.3, -0.25) is 4.79 Å². The molecule has 2 bridgehead atoms. The molecular formula is C9H16ClNO. The highest BCUT2D eigenvalue weighted by Crippen LogP contribution is 2.40. The highest BCUT2D eigenvalue weighted by Gasteiger charge is 2.42. The van der Waals surface area contributed by atoms with Crippen LogP contribution in [0.25, 0.3) is 0 Å². The summed E-state index contributed by atoms with van der Waals surface area (Å²) < 4.78 is 0. The third-order valence-corrected chi connectivity index (χ3v) is 3.47. The van der Waals surface area contributed by atoms with E-state index in [4.69, 9.17) is 0 Å². The van der Waals surface area contributed by atoms with Gasteiger partial charge in [0.2, 0.25) is 0 Å². The quantitative estimate of drug-likeness (QED) is 0.623. The Balaban J connectivity index is 0.000000720. The van der Waals surface area contributed by atoms with E-state index in [1.807, 2.05) is 0 Å². The number of hydrogen-bond acceptors (Lipinski definition) is 2. The standard InChI is InChI=1S/C9H15NO.ClH/c1-8(11)9-2-5-10(6-3-9)7-4-9;/h2-7H2,1H3;1H. The Morgan fingerprint density at radius 2 is 1.58 bits per heavy atom. The van der Waals surface area contributed by atoms with Crippen molar-refractivity contribution in [3.8, 4) is 0 Å². The maximum absolute atomic E-state index is 11.4. The van der Waals surface area contributed by atoms with Gasteiger partial charge in [0.1, 0.15) is 5.78 Å². The first-order valence-electron chi connectivity index (χ1n) is 4.46. The molecule has 0 unspecified atom stereocenters. The molecular weight excluding hydrogens is 174 g/mol. The Morgan fingerprint density at radius 3 is 1.83 bits per heavy atom. The number of Topliss-reactive ketones (excluding diaryl/α,β-unsaturated/α-hetero) is 1. The van der Waals surface area contributed by atoms with Crippen LogP contribution in [0.2, 0.25) is 0 Å². The molecule has 0 aliphatic carbocycles.